The molecule has 0 saturated carbocycles. The maximum atomic E-state index is 12.3. The first-order valence-corrected chi connectivity index (χ1v) is 7.12. The van der Waals surface area contributed by atoms with Gasteiger partial charge in [-0.05, 0) is 26.2 Å². The van der Waals surface area contributed by atoms with Crippen LogP contribution in [0.25, 0.3) is 0 Å². The number of amides is 2. The molecule has 21 heavy (non-hydrogen) atoms. The molecular formula is C14H23N3O4. The summed E-state index contributed by atoms with van der Waals surface area (Å²) in [5, 5.41) is 2.63. The number of nitrogens with two attached hydrogens (primary N) is 1. The molecule has 1 fully saturated rings. The monoisotopic (exact) mass is 297 g/mol. The molecule has 2 atom stereocenters. The Labute approximate surface area is 124 Å². The van der Waals surface area contributed by atoms with Gasteiger partial charge >= 0.3 is 5.97 Å². The highest BCUT2D eigenvalue weighted by molar-refractivity contribution is 5.91. The van der Waals surface area contributed by atoms with Crippen molar-refractivity contribution in [1.82, 2.24) is 10.2 Å². The molecule has 118 valence electrons. The number of esters is 1. The Morgan fingerprint density at radius 2 is 2.24 bits per heavy atom. The zero-order valence-corrected chi connectivity index (χ0v) is 12.3. The Kier molecular flexibility index (Phi) is 6.87. The first-order valence-electron chi connectivity index (χ1n) is 7.12. The minimum atomic E-state index is -0.773. The average molecular weight is 297 g/mol. The lowest BCUT2D eigenvalue weighted by Crippen LogP contribution is -2.52. The van der Waals surface area contributed by atoms with Crippen molar-refractivity contribution in [3.05, 3.63) is 12.7 Å². The van der Waals surface area contributed by atoms with E-state index < -0.39 is 18.1 Å². The van der Waals surface area contributed by atoms with E-state index in [0.717, 1.165) is 6.42 Å². The van der Waals surface area contributed by atoms with Crippen molar-refractivity contribution in [2.45, 2.75) is 38.3 Å². The maximum Gasteiger partial charge on any atom is 0.328 e. The van der Waals surface area contributed by atoms with E-state index in [9.17, 15) is 14.4 Å². The fraction of sp³-hybridized carbons (Fsp3) is 0.643. The topological polar surface area (TPSA) is 102 Å². The van der Waals surface area contributed by atoms with Gasteiger partial charge in [-0.15, -0.1) is 6.58 Å². The predicted molar refractivity (Wildman–Crippen MR) is 77.2 cm³/mol. The van der Waals surface area contributed by atoms with Gasteiger partial charge in [-0.2, -0.15) is 0 Å². The molecule has 1 saturated heterocycles. The van der Waals surface area contributed by atoms with Crippen LogP contribution in [0.2, 0.25) is 0 Å². The molecule has 1 heterocycles. The molecule has 1 rings (SSSR count). The highest BCUT2D eigenvalue weighted by Crippen LogP contribution is 2.17. The van der Waals surface area contributed by atoms with Crippen LogP contribution in [0.1, 0.15) is 26.2 Å². The minimum Gasteiger partial charge on any atom is -0.464 e. The molecule has 0 radical (unpaired) electrons. The van der Waals surface area contributed by atoms with E-state index in [1.165, 1.54) is 4.90 Å². The SMILES string of the molecule is C=CCC(NC(=O)C1CCCN1C(=O)CN)C(=O)OCC. The molecule has 7 heteroatoms. The van der Waals surface area contributed by atoms with Crippen LogP contribution in [0.5, 0.6) is 0 Å². The Morgan fingerprint density at radius 3 is 2.81 bits per heavy atom. The van der Waals surface area contributed by atoms with Gasteiger partial charge in [-0.3, -0.25) is 9.59 Å². The molecular weight excluding hydrogens is 274 g/mol. The third-order valence-corrected chi connectivity index (χ3v) is 3.34. The molecule has 3 N–H and O–H groups in total. The van der Waals surface area contributed by atoms with Gasteiger partial charge in [-0.25, -0.2) is 4.79 Å². The molecule has 0 aromatic carbocycles. The van der Waals surface area contributed by atoms with Crippen LogP contribution in [0.3, 0.4) is 0 Å². The average Bonchev–Trinajstić information content (AvgIpc) is 2.95. The maximum absolute atomic E-state index is 12.3. The third kappa shape index (κ3) is 4.56. The number of carbonyl (C=O) groups excluding carboxylic acids is 3. The quantitative estimate of drug-likeness (QED) is 0.490. The summed E-state index contributed by atoms with van der Waals surface area (Å²) in [6.07, 6.45) is 3.14. The summed E-state index contributed by atoms with van der Waals surface area (Å²) >= 11 is 0. The molecule has 0 aromatic rings. The molecule has 1 aliphatic rings. The van der Waals surface area contributed by atoms with Crippen molar-refractivity contribution in [2.75, 3.05) is 19.7 Å². The van der Waals surface area contributed by atoms with Crippen LogP contribution in [0.15, 0.2) is 12.7 Å². The van der Waals surface area contributed by atoms with E-state index in [4.69, 9.17) is 10.5 Å². The number of rotatable bonds is 7. The van der Waals surface area contributed by atoms with E-state index in [1.54, 1.807) is 13.0 Å². The molecule has 0 spiro atoms. The van der Waals surface area contributed by atoms with Crippen molar-refractivity contribution in [1.29, 1.82) is 0 Å². The van der Waals surface area contributed by atoms with Gasteiger partial charge < -0.3 is 20.7 Å². The highest BCUT2D eigenvalue weighted by Gasteiger charge is 2.35. The number of ether oxygens (including phenoxy) is 1. The molecule has 0 aliphatic carbocycles. The van der Waals surface area contributed by atoms with E-state index >= 15 is 0 Å². The van der Waals surface area contributed by atoms with Crippen molar-refractivity contribution < 1.29 is 19.1 Å². The minimum absolute atomic E-state index is 0.127. The predicted octanol–water partition coefficient (Wildman–Crippen LogP) is -0.440. The standard InChI is InChI=1S/C14H23N3O4/c1-3-6-10(14(20)21-4-2)16-13(19)11-7-5-8-17(11)12(18)9-15/h3,10-11H,1,4-9,15H2,2H3,(H,16,19). The summed E-state index contributed by atoms with van der Waals surface area (Å²) in [6.45, 7) is 5.89. The number of nitrogens with one attached hydrogen (secondary N) is 1. The Hall–Kier alpha value is -1.89. The van der Waals surface area contributed by atoms with Crippen LogP contribution < -0.4 is 11.1 Å². The van der Waals surface area contributed by atoms with Crippen LogP contribution in [-0.2, 0) is 19.1 Å². The number of hydrogen-bond donors (Lipinski definition) is 2. The first kappa shape index (κ1) is 17.2. The zero-order valence-electron chi connectivity index (χ0n) is 12.3. The molecule has 7 nitrogen and oxygen atoms in total. The summed E-state index contributed by atoms with van der Waals surface area (Å²) in [7, 11) is 0. The van der Waals surface area contributed by atoms with E-state index in [2.05, 4.69) is 11.9 Å². The lowest BCUT2D eigenvalue weighted by atomic mass is 10.1. The van der Waals surface area contributed by atoms with Crippen LogP contribution in [0.4, 0.5) is 0 Å². The van der Waals surface area contributed by atoms with Crippen LogP contribution >= 0.6 is 0 Å². The summed E-state index contributed by atoms with van der Waals surface area (Å²) < 4.78 is 4.91. The molecule has 2 amide bonds. The van der Waals surface area contributed by atoms with Crippen LogP contribution in [-0.4, -0.2) is 54.5 Å². The lowest BCUT2D eigenvalue weighted by Gasteiger charge is -2.25. The van der Waals surface area contributed by atoms with Crippen molar-refractivity contribution in [3.63, 3.8) is 0 Å². The Balaban J connectivity index is 2.70. The number of likely N-dealkylation sites (tertiary alicyclic amines) is 1. The van der Waals surface area contributed by atoms with Gasteiger partial charge in [0.1, 0.15) is 12.1 Å². The molecule has 0 aromatic heterocycles. The first-order chi connectivity index (χ1) is 10.0. The van der Waals surface area contributed by atoms with Crippen molar-refractivity contribution in [2.24, 2.45) is 5.73 Å². The smallest absolute Gasteiger partial charge is 0.328 e. The molecule has 2 unspecified atom stereocenters. The number of carbonyl (C=O) groups is 3. The van der Waals surface area contributed by atoms with Gasteiger partial charge in [0, 0.05) is 6.54 Å². The summed E-state index contributed by atoms with van der Waals surface area (Å²) in [5.74, 6) is -1.11. The second-order valence-electron chi connectivity index (χ2n) is 4.79. The summed E-state index contributed by atoms with van der Waals surface area (Å²) in [4.78, 5) is 37.2. The molecule has 1 aliphatic heterocycles. The second kappa shape index (κ2) is 8.41. The fourth-order valence-corrected chi connectivity index (χ4v) is 2.35. The van der Waals surface area contributed by atoms with Gasteiger partial charge in [0.2, 0.25) is 11.8 Å². The third-order valence-electron chi connectivity index (χ3n) is 3.34. The number of nitrogens with zero attached hydrogens (tertiary/aromatic N) is 1. The molecule has 0 bridgehead atoms. The normalized spacial score (nSPS) is 19.0. The van der Waals surface area contributed by atoms with Gasteiger partial charge in [0.25, 0.3) is 0 Å². The van der Waals surface area contributed by atoms with Crippen molar-refractivity contribution >= 4 is 17.8 Å². The largest absolute Gasteiger partial charge is 0.464 e. The van der Waals surface area contributed by atoms with E-state index in [-0.39, 0.29) is 31.4 Å². The number of hydrogen-bond acceptors (Lipinski definition) is 5. The fourth-order valence-electron chi connectivity index (χ4n) is 2.35. The van der Waals surface area contributed by atoms with Gasteiger partial charge in [0.05, 0.1) is 13.2 Å². The van der Waals surface area contributed by atoms with Crippen molar-refractivity contribution in [3.8, 4) is 0 Å². The Bertz CT molecular complexity index is 411. The van der Waals surface area contributed by atoms with E-state index in [1.807, 2.05) is 0 Å². The Morgan fingerprint density at radius 1 is 1.52 bits per heavy atom. The van der Waals surface area contributed by atoms with Gasteiger partial charge in [0.15, 0.2) is 0 Å². The summed E-state index contributed by atoms with van der Waals surface area (Å²) in [5.41, 5.74) is 5.34. The zero-order chi connectivity index (χ0) is 15.8. The lowest BCUT2D eigenvalue weighted by molar-refractivity contribution is -0.148. The van der Waals surface area contributed by atoms with E-state index in [0.29, 0.717) is 13.0 Å². The van der Waals surface area contributed by atoms with Crippen LogP contribution in [0, 0.1) is 0 Å². The highest BCUT2D eigenvalue weighted by atomic mass is 16.5. The van der Waals surface area contributed by atoms with Gasteiger partial charge in [-0.1, -0.05) is 6.08 Å². The second-order valence-corrected chi connectivity index (χ2v) is 4.79. The summed E-state index contributed by atoms with van der Waals surface area (Å²) in [6, 6.07) is -1.34.